The summed E-state index contributed by atoms with van der Waals surface area (Å²) in [5, 5.41) is 8.71. The molecule has 3 unspecified atom stereocenters. The minimum Gasteiger partial charge on any atom is -0.480 e. The summed E-state index contributed by atoms with van der Waals surface area (Å²) in [5.74, 6) is -0.394. The Hall–Kier alpha value is -0.750. The highest BCUT2D eigenvalue weighted by molar-refractivity contribution is 8.00. The second kappa shape index (κ2) is 2.88. The van der Waals surface area contributed by atoms with E-state index in [0.29, 0.717) is 6.42 Å². The summed E-state index contributed by atoms with van der Waals surface area (Å²) in [6, 6.07) is -1.15. The molecule has 2 aliphatic heterocycles. The van der Waals surface area contributed by atoms with E-state index in [9.17, 15) is 9.59 Å². The van der Waals surface area contributed by atoms with Crippen molar-refractivity contribution in [2.24, 2.45) is 5.73 Å². The third-order valence-electron chi connectivity index (χ3n) is 2.42. The number of rotatable bonds is 1. The van der Waals surface area contributed by atoms with Crippen LogP contribution in [0.15, 0.2) is 0 Å². The van der Waals surface area contributed by atoms with Gasteiger partial charge in [0, 0.05) is 0 Å². The van der Waals surface area contributed by atoms with E-state index in [4.69, 9.17) is 10.8 Å². The summed E-state index contributed by atoms with van der Waals surface area (Å²) in [6.07, 6.45) is 0.523. The number of aliphatic carboxylic acids is 1. The molecule has 13 heavy (non-hydrogen) atoms. The SMILES string of the molecule is NC1C(=O)N2C(C(=O)O)CCSC12. The first-order valence-electron chi connectivity index (χ1n) is 4.05. The first-order chi connectivity index (χ1) is 6.13. The van der Waals surface area contributed by atoms with Gasteiger partial charge in [-0.15, -0.1) is 11.8 Å². The largest absolute Gasteiger partial charge is 0.480 e. The zero-order valence-electron chi connectivity index (χ0n) is 6.84. The van der Waals surface area contributed by atoms with E-state index in [2.05, 4.69) is 0 Å². The molecule has 3 atom stereocenters. The van der Waals surface area contributed by atoms with Crippen LogP contribution in [0.3, 0.4) is 0 Å². The standard InChI is InChI=1S/C7H10N2O3S/c8-4-5(10)9-3(7(11)12)1-2-13-6(4)9/h3-4,6H,1-2,8H2,(H,11,12). The van der Waals surface area contributed by atoms with Crippen LogP contribution in [-0.4, -0.2) is 45.1 Å². The van der Waals surface area contributed by atoms with E-state index in [1.807, 2.05) is 0 Å². The number of hydrogen-bond acceptors (Lipinski definition) is 4. The molecule has 0 bridgehead atoms. The smallest absolute Gasteiger partial charge is 0.326 e. The van der Waals surface area contributed by atoms with Crippen LogP contribution in [-0.2, 0) is 9.59 Å². The van der Waals surface area contributed by atoms with E-state index in [-0.39, 0.29) is 11.3 Å². The van der Waals surface area contributed by atoms with Crippen LogP contribution in [0.1, 0.15) is 6.42 Å². The van der Waals surface area contributed by atoms with Gasteiger partial charge >= 0.3 is 5.97 Å². The number of nitrogens with zero attached hydrogens (tertiary/aromatic N) is 1. The summed E-state index contributed by atoms with van der Waals surface area (Å²) in [4.78, 5) is 23.4. The van der Waals surface area contributed by atoms with Crippen LogP contribution in [0.5, 0.6) is 0 Å². The maximum atomic E-state index is 11.2. The second-order valence-corrected chi connectivity index (χ2v) is 4.40. The summed E-state index contributed by atoms with van der Waals surface area (Å²) in [7, 11) is 0. The number of β-lactam (4-membered cyclic amide) rings is 1. The van der Waals surface area contributed by atoms with Crippen molar-refractivity contribution in [2.45, 2.75) is 23.9 Å². The van der Waals surface area contributed by atoms with Gasteiger partial charge in [-0.25, -0.2) is 4.79 Å². The molecule has 1 amide bonds. The van der Waals surface area contributed by atoms with Crippen molar-refractivity contribution in [2.75, 3.05) is 5.75 Å². The van der Waals surface area contributed by atoms with E-state index in [0.717, 1.165) is 5.75 Å². The molecule has 0 aromatic heterocycles. The van der Waals surface area contributed by atoms with Gasteiger partial charge in [0.15, 0.2) is 0 Å². The van der Waals surface area contributed by atoms with Gasteiger partial charge in [-0.2, -0.15) is 0 Å². The normalized spacial score (nSPS) is 38.1. The van der Waals surface area contributed by atoms with Crippen molar-refractivity contribution in [3.05, 3.63) is 0 Å². The van der Waals surface area contributed by atoms with Crippen molar-refractivity contribution in [1.82, 2.24) is 4.90 Å². The minimum absolute atomic E-state index is 0.109. The van der Waals surface area contributed by atoms with E-state index >= 15 is 0 Å². The monoisotopic (exact) mass is 202 g/mol. The number of carboxylic acids is 1. The Morgan fingerprint density at radius 3 is 3.00 bits per heavy atom. The number of carbonyl (C=O) groups excluding carboxylic acids is 1. The lowest BCUT2D eigenvalue weighted by Gasteiger charge is -2.50. The molecule has 2 heterocycles. The molecule has 0 saturated carbocycles. The Balaban J connectivity index is 2.16. The highest BCUT2D eigenvalue weighted by Gasteiger charge is 2.52. The average Bonchev–Trinajstić information content (AvgIpc) is 2.15. The number of nitrogens with two attached hydrogens (primary N) is 1. The van der Waals surface area contributed by atoms with Gasteiger partial charge in [0.05, 0.1) is 0 Å². The number of carboxylic acid groups (broad SMARTS) is 1. The lowest BCUT2D eigenvalue weighted by atomic mass is 10.0. The summed E-state index contributed by atoms with van der Waals surface area (Å²) in [6.45, 7) is 0. The molecule has 3 N–H and O–H groups in total. The predicted molar refractivity (Wildman–Crippen MR) is 47.1 cm³/mol. The van der Waals surface area contributed by atoms with Gasteiger partial charge in [0.2, 0.25) is 5.91 Å². The zero-order chi connectivity index (χ0) is 9.59. The first kappa shape index (κ1) is 8.83. The van der Waals surface area contributed by atoms with Crippen LogP contribution in [0.25, 0.3) is 0 Å². The molecule has 0 radical (unpaired) electrons. The van der Waals surface area contributed by atoms with Gasteiger partial charge in [0.1, 0.15) is 17.5 Å². The molecular formula is C7H10N2O3S. The third kappa shape index (κ3) is 1.13. The number of carbonyl (C=O) groups is 2. The molecule has 0 aromatic rings. The number of hydrogen-bond donors (Lipinski definition) is 2. The van der Waals surface area contributed by atoms with Crippen LogP contribution < -0.4 is 5.73 Å². The lowest BCUT2D eigenvalue weighted by molar-refractivity contribution is -0.160. The molecule has 0 spiro atoms. The Labute approximate surface area is 79.3 Å². The quantitative estimate of drug-likeness (QED) is 0.537. The van der Waals surface area contributed by atoms with Crippen molar-refractivity contribution in [1.29, 1.82) is 0 Å². The molecule has 2 aliphatic rings. The first-order valence-corrected chi connectivity index (χ1v) is 5.10. The molecule has 2 fully saturated rings. The lowest BCUT2D eigenvalue weighted by Crippen LogP contribution is -2.72. The van der Waals surface area contributed by atoms with Gasteiger partial charge in [-0.3, -0.25) is 4.79 Å². The molecule has 2 rings (SSSR count). The van der Waals surface area contributed by atoms with Crippen LogP contribution in [0, 0.1) is 0 Å². The Morgan fingerprint density at radius 2 is 2.38 bits per heavy atom. The molecule has 72 valence electrons. The van der Waals surface area contributed by atoms with E-state index in [1.165, 1.54) is 4.90 Å². The van der Waals surface area contributed by atoms with Crippen LogP contribution in [0.4, 0.5) is 0 Å². The maximum absolute atomic E-state index is 11.2. The molecular weight excluding hydrogens is 192 g/mol. The van der Waals surface area contributed by atoms with Crippen molar-refractivity contribution in [3.63, 3.8) is 0 Å². The van der Waals surface area contributed by atoms with Crippen molar-refractivity contribution >= 4 is 23.6 Å². The molecule has 6 heteroatoms. The summed E-state index contributed by atoms with van der Waals surface area (Å²) < 4.78 is 0. The van der Waals surface area contributed by atoms with Gasteiger partial charge in [0.25, 0.3) is 0 Å². The Kier molecular flexibility index (Phi) is 1.96. The van der Waals surface area contributed by atoms with Gasteiger partial charge in [-0.1, -0.05) is 0 Å². The molecule has 2 saturated heterocycles. The van der Waals surface area contributed by atoms with Crippen molar-refractivity contribution in [3.8, 4) is 0 Å². The predicted octanol–water partition coefficient (Wildman–Crippen LogP) is -0.928. The highest BCUT2D eigenvalue weighted by Crippen LogP contribution is 2.36. The Morgan fingerprint density at radius 1 is 1.69 bits per heavy atom. The number of amides is 1. The molecule has 0 aliphatic carbocycles. The third-order valence-corrected chi connectivity index (χ3v) is 3.76. The zero-order valence-corrected chi connectivity index (χ0v) is 7.66. The van der Waals surface area contributed by atoms with Gasteiger partial charge in [-0.05, 0) is 12.2 Å². The summed E-state index contributed by atoms with van der Waals surface area (Å²) >= 11 is 1.56. The molecule has 5 nitrogen and oxygen atoms in total. The molecule has 0 aromatic carbocycles. The number of thioether (sulfide) groups is 1. The summed E-state index contributed by atoms with van der Waals surface area (Å²) in [5.41, 5.74) is 5.53. The van der Waals surface area contributed by atoms with E-state index < -0.39 is 18.1 Å². The fraction of sp³-hybridized carbons (Fsp3) is 0.714. The number of fused-ring (bicyclic) bond motifs is 1. The Bertz CT molecular complexity index is 270. The van der Waals surface area contributed by atoms with Crippen LogP contribution in [0.2, 0.25) is 0 Å². The topological polar surface area (TPSA) is 83.6 Å². The van der Waals surface area contributed by atoms with Crippen LogP contribution >= 0.6 is 11.8 Å². The fourth-order valence-corrected chi connectivity index (χ4v) is 3.04. The van der Waals surface area contributed by atoms with E-state index in [1.54, 1.807) is 11.8 Å². The maximum Gasteiger partial charge on any atom is 0.326 e. The second-order valence-electron chi connectivity index (χ2n) is 3.18. The minimum atomic E-state index is -0.925. The van der Waals surface area contributed by atoms with Crippen molar-refractivity contribution < 1.29 is 14.7 Å². The highest BCUT2D eigenvalue weighted by atomic mass is 32.2. The average molecular weight is 202 g/mol. The van der Waals surface area contributed by atoms with Gasteiger partial charge < -0.3 is 15.7 Å². The fourth-order valence-electron chi connectivity index (χ4n) is 1.71.